The van der Waals surface area contributed by atoms with Crippen LogP contribution in [0.4, 0.5) is 0 Å². The third-order valence-corrected chi connectivity index (χ3v) is 17.5. The number of hydrogen-bond donors (Lipinski definition) is 2. The fourth-order valence-electron chi connectivity index (χ4n) is 6.07. The summed E-state index contributed by atoms with van der Waals surface area (Å²) in [6.45, 7) is 0. The fourth-order valence-corrected chi connectivity index (χ4v) is 14.2. The Bertz CT molecular complexity index is 1600. The van der Waals surface area contributed by atoms with Crippen molar-refractivity contribution in [1.82, 2.24) is 0 Å². The maximum absolute atomic E-state index is 14.3. The van der Waals surface area contributed by atoms with E-state index in [0.717, 1.165) is 31.8 Å². The van der Waals surface area contributed by atoms with Crippen LogP contribution < -0.4 is 31.8 Å². The van der Waals surface area contributed by atoms with Gasteiger partial charge in [-0.1, -0.05) is 0 Å². The average molecular weight is 707 g/mol. The first kappa shape index (κ1) is 33.7. The van der Waals surface area contributed by atoms with Crippen molar-refractivity contribution in [3.05, 3.63) is 182 Å². The van der Waals surface area contributed by atoms with E-state index in [1.807, 2.05) is 182 Å². The second kappa shape index (κ2) is 15.4. The second-order valence-electron chi connectivity index (χ2n) is 11.3. The molecule has 2 unspecified atom stereocenters. The van der Waals surface area contributed by atoms with Gasteiger partial charge in [0.1, 0.15) is 0 Å². The summed E-state index contributed by atoms with van der Waals surface area (Å²) in [4.78, 5) is 28.6. The zero-order chi connectivity index (χ0) is 33.4. The van der Waals surface area contributed by atoms with E-state index < -0.39 is 37.4 Å². The zero-order valence-electron chi connectivity index (χ0n) is 26.0. The SMILES string of the molecule is O=C(O[PH](c1ccccc1)(c1ccccc1)c1ccccc1)C(S)C(S)C(=O)O[PH](c1ccccc1)(c1ccccc1)c1ccccc1. The summed E-state index contributed by atoms with van der Waals surface area (Å²) in [6, 6.07) is 58.7. The molecule has 0 saturated heterocycles. The normalized spacial score (nSPS) is 13.5. The Balaban J connectivity index is 1.39. The standard InChI is InChI=1S/C40H36O4P2S2/c41-39(43-45(31-19-7-1-8-20-31,32-21-9-2-10-22-32)33-23-11-3-12-24-33)37(47)38(48)40(42)44-46(34-25-13-4-14-26-34,35-27-15-5-16-28-35)36-29-17-6-18-30-36/h1-30,37-38,45-48H. The molecule has 0 spiro atoms. The molecule has 6 aromatic carbocycles. The topological polar surface area (TPSA) is 52.6 Å². The summed E-state index contributed by atoms with van der Waals surface area (Å²) < 4.78 is 13.4. The van der Waals surface area contributed by atoms with Gasteiger partial charge in [-0.3, -0.25) is 0 Å². The van der Waals surface area contributed by atoms with Gasteiger partial charge in [-0.05, 0) is 0 Å². The van der Waals surface area contributed by atoms with E-state index in [1.165, 1.54) is 0 Å². The molecule has 0 N–H and O–H groups in total. The van der Waals surface area contributed by atoms with Crippen molar-refractivity contribution in [3.63, 3.8) is 0 Å². The van der Waals surface area contributed by atoms with E-state index in [4.69, 9.17) is 34.3 Å². The van der Waals surface area contributed by atoms with Crippen molar-refractivity contribution in [1.29, 1.82) is 0 Å². The Hall–Kier alpha value is -4.18. The molecule has 0 aliphatic heterocycles. The van der Waals surface area contributed by atoms with Crippen LogP contribution in [0.25, 0.3) is 0 Å². The molecular formula is C40H36O4P2S2. The summed E-state index contributed by atoms with van der Waals surface area (Å²) in [7, 11) is -6.82. The number of rotatable bonds is 11. The molecule has 48 heavy (non-hydrogen) atoms. The molecule has 8 heteroatoms. The molecule has 0 aliphatic rings. The summed E-state index contributed by atoms with van der Waals surface area (Å²) in [5, 5.41) is 2.88. The van der Waals surface area contributed by atoms with Crippen molar-refractivity contribution in [2.24, 2.45) is 0 Å². The molecule has 242 valence electrons. The number of benzene rings is 6. The van der Waals surface area contributed by atoms with Crippen LogP contribution >= 0.6 is 40.2 Å². The molecule has 0 aromatic heterocycles. The monoisotopic (exact) mass is 706 g/mol. The molecule has 0 saturated carbocycles. The predicted molar refractivity (Wildman–Crippen MR) is 211 cm³/mol. The van der Waals surface area contributed by atoms with Gasteiger partial charge in [-0.15, -0.1) is 0 Å². The Morgan fingerprint density at radius 2 is 0.521 bits per heavy atom. The van der Waals surface area contributed by atoms with Crippen LogP contribution in [0, 0.1) is 0 Å². The first-order valence-corrected chi connectivity index (χ1v) is 20.5. The van der Waals surface area contributed by atoms with E-state index in [0.29, 0.717) is 0 Å². The Kier molecular flexibility index (Phi) is 10.8. The second-order valence-corrected chi connectivity index (χ2v) is 19.0. The molecule has 0 bridgehead atoms. The van der Waals surface area contributed by atoms with E-state index >= 15 is 0 Å². The quantitative estimate of drug-likeness (QED) is 0.129. The molecule has 6 aromatic rings. The molecule has 0 amide bonds. The van der Waals surface area contributed by atoms with Gasteiger partial charge in [0.2, 0.25) is 0 Å². The van der Waals surface area contributed by atoms with Crippen molar-refractivity contribution >= 4 is 84.0 Å². The zero-order valence-corrected chi connectivity index (χ0v) is 29.8. The number of carbonyl (C=O) groups excluding carboxylic acids is 2. The average Bonchev–Trinajstić information content (AvgIpc) is 3.17. The molecule has 4 nitrogen and oxygen atoms in total. The minimum atomic E-state index is -3.41. The van der Waals surface area contributed by atoms with Crippen LogP contribution in [0.1, 0.15) is 0 Å². The first-order chi connectivity index (χ1) is 23.5. The molecule has 2 atom stereocenters. The third kappa shape index (κ3) is 6.72. The van der Waals surface area contributed by atoms with E-state index in [2.05, 4.69) is 0 Å². The molecule has 0 fully saturated rings. The van der Waals surface area contributed by atoms with Crippen LogP contribution in [0.2, 0.25) is 0 Å². The first-order valence-electron chi connectivity index (χ1n) is 15.6. The van der Waals surface area contributed by atoms with Crippen molar-refractivity contribution < 1.29 is 18.6 Å². The van der Waals surface area contributed by atoms with Gasteiger partial charge in [-0.25, -0.2) is 0 Å². The molecular weight excluding hydrogens is 671 g/mol. The van der Waals surface area contributed by atoms with Gasteiger partial charge < -0.3 is 0 Å². The molecule has 0 radical (unpaired) electrons. The van der Waals surface area contributed by atoms with Gasteiger partial charge in [0.25, 0.3) is 0 Å². The van der Waals surface area contributed by atoms with Gasteiger partial charge in [0, 0.05) is 0 Å². The van der Waals surface area contributed by atoms with Gasteiger partial charge >= 0.3 is 295 Å². The van der Waals surface area contributed by atoms with E-state index in [9.17, 15) is 9.59 Å². The molecule has 0 heterocycles. The summed E-state index contributed by atoms with van der Waals surface area (Å²) in [5.41, 5.74) is 0. The van der Waals surface area contributed by atoms with Crippen molar-refractivity contribution in [2.75, 3.05) is 0 Å². The predicted octanol–water partition coefficient (Wildman–Crippen LogP) is 5.95. The minimum absolute atomic E-state index is 0.648. The van der Waals surface area contributed by atoms with Gasteiger partial charge in [0.05, 0.1) is 0 Å². The van der Waals surface area contributed by atoms with Crippen LogP contribution in [0.3, 0.4) is 0 Å². The van der Waals surface area contributed by atoms with Gasteiger partial charge in [-0.2, -0.15) is 0 Å². The van der Waals surface area contributed by atoms with Crippen LogP contribution in [0.15, 0.2) is 182 Å². The van der Waals surface area contributed by atoms with Crippen LogP contribution in [-0.4, -0.2) is 22.4 Å². The Morgan fingerprint density at radius 1 is 0.354 bits per heavy atom. The third-order valence-electron chi connectivity index (χ3n) is 8.37. The van der Waals surface area contributed by atoms with Crippen LogP contribution in [-0.2, 0) is 18.6 Å². The Morgan fingerprint density at radius 3 is 0.688 bits per heavy atom. The molecule has 6 rings (SSSR count). The number of thiol groups is 2. The Labute approximate surface area is 293 Å². The summed E-state index contributed by atoms with van der Waals surface area (Å²) in [5.74, 6) is -1.30. The number of carbonyl (C=O) groups is 2. The van der Waals surface area contributed by atoms with Crippen LogP contribution in [0.5, 0.6) is 0 Å². The van der Waals surface area contributed by atoms with Crippen molar-refractivity contribution in [3.8, 4) is 0 Å². The summed E-state index contributed by atoms with van der Waals surface area (Å²) in [6.07, 6.45) is 0. The molecule has 0 aliphatic carbocycles. The maximum atomic E-state index is 14.3. The number of hydrogen-bond acceptors (Lipinski definition) is 6. The fraction of sp³-hybridized carbons (Fsp3) is 0.0500. The summed E-state index contributed by atoms with van der Waals surface area (Å²) >= 11 is 9.41. The van der Waals surface area contributed by atoms with Gasteiger partial charge in [0.15, 0.2) is 0 Å². The van der Waals surface area contributed by atoms with Crippen molar-refractivity contribution in [2.45, 2.75) is 10.5 Å². The van der Waals surface area contributed by atoms with E-state index in [1.54, 1.807) is 0 Å². The van der Waals surface area contributed by atoms with E-state index in [-0.39, 0.29) is 0 Å².